The number of thiazole rings is 1. The van der Waals surface area contributed by atoms with E-state index in [0.717, 1.165) is 60.9 Å². The third kappa shape index (κ3) is 5.50. The van der Waals surface area contributed by atoms with E-state index in [2.05, 4.69) is 10.3 Å². The van der Waals surface area contributed by atoms with Crippen molar-refractivity contribution in [2.24, 2.45) is 11.8 Å². The molecule has 5 heterocycles. The molecule has 3 fully saturated rings. The molecule has 2 saturated heterocycles. The van der Waals surface area contributed by atoms with Crippen LogP contribution in [0.4, 0.5) is 10.6 Å². The number of anilines is 1. The number of benzene rings is 2. The lowest BCUT2D eigenvalue weighted by Gasteiger charge is -2.28. The monoisotopic (exact) mass is 703 g/mol. The second-order valence-electron chi connectivity index (χ2n) is 13.0. The number of ether oxygens (including phenoxy) is 1. The number of carbonyl (C=O) groups is 1. The Hall–Kier alpha value is -3.77. The van der Waals surface area contributed by atoms with Crippen LogP contribution in [0.25, 0.3) is 22.4 Å². The Kier molecular flexibility index (Phi) is 8.27. The minimum Gasteiger partial charge on any atom is -0.465 e. The minimum atomic E-state index is -0.919. The van der Waals surface area contributed by atoms with Crippen molar-refractivity contribution in [3.63, 3.8) is 0 Å². The van der Waals surface area contributed by atoms with Gasteiger partial charge in [0.15, 0.2) is 11.9 Å². The van der Waals surface area contributed by atoms with Crippen LogP contribution in [-0.4, -0.2) is 67.1 Å². The van der Waals surface area contributed by atoms with Gasteiger partial charge in [0, 0.05) is 54.8 Å². The lowest BCUT2D eigenvalue weighted by atomic mass is 10.0. The van der Waals surface area contributed by atoms with Crippen molar-refractivity contribution in [2.45, 2.75) is 50.8 Å². The number of amides is 1. The van der Waals surface area contributed by atoms with Crippen LogP contribution < -0.4 is 4.90 Å². The van der Waals surface area contributed by atoms with Gasteiger partial charge in [0.25, 0.3) is 0 Å². The molecular weight excluding hydrogens is 669 g/mol. The molecule has 10 nitrogen and oxygen atoms in total. The summed E-state index contributed by atoms with van der Waals surface area (Å²) in [6.07, 6.45) is 4.43. The van der Waals surface area contributed by atoms with E-state index in [9.17, 15) is 9.90 Å². The lowest BCUT2D eigenvalue weighted by molar-refractivity contribution is -0.0368. The summed E-state index contributed by atoms with van der Waals surface area (Å²) in [5, 5.41) is 19.3. The van der Waals surface area contributed by atoms with Crippen molar-refractivity contribution in [1.82, 2.24) is 29.6 Å². The normalized spacial score (nSPS) is 23.6. The fraction of sp³-hybridized carbons (Fsp3) is 0.400. The SMILES string of the molecule is Cc1csc([C@@]2(CN(Cc3ccccc3)C(=O)O)[C@@H]3CCN(c4cnc5c(-c6cccc(Cl)c6Cl)nn(C6CCCCO6)c5n4)C[C@@H]32)n1. The van der Waals surface area contributed by atoms with Crippen molar-refractivity contribution < 1.29 is 14.6 Å². The molecule has 248 valence electrons. The zero-order valence-corrected chi connectivity index (χ0v) is 28.8. The van der Waals surface area contributed by atoms with E-state index in [-0.39, 0.29) is 17.6 Å². The van der Waals surface area contributed by atoms with E-state index in [0.29, 0.717) is 58.1 Å². The maximum atomic E-state index is 12.6. The van der Waals surface area contributed by atoms with Crippen LogP contribution in [0.1, 0.15) is 48.2 Å². The zero-order chi connectivity index (χ0) is 33.0. The zero-order valence-electron chi connectivity index (χ0n) is 26.4. The molecule has 2 aromatic carbocycles. The molecule has 1 amide bonds. The van der Waals surface area contributed by atoms with Crippen LogP contribution in [0, 0.1) is 18.8 Å². The first-order chi connectivity index (χ1) is 23.3. The van der Waals surface area contributed by atoms with E-state index in [4.69, 9.17) is 48.0 Å². The molecule has 1 N–H and O–H groups in total. The number of hydrogen-bond acceptors (Lipinski definition) is 8. The van der Waals surface area contributed by atoms with E-state index < -0.39 is 6.09 Å². The summed E-state index contributed by atoms with van der Waals surface area (Å²) in [5.41, 5.74) is 4.19. The number of piperidine rings is 1. The van der Waals surface area contributed by atoms with Crippen molar-refractivity contribution in [1.29, 1.82) is 0 Å². The predicted octanol–water partition coefficient (Wildman–Crippen LogP) is 7.84. The predicted molar refractivity (Wildman–Crippen MR) is 187 cm³/mol. The summed E-state index contributed by atoms with van der Waals surface area (Å²) < 4.78 is 8.02. The van der Waals surface area contributed by atoms with Crippen LogP contribution >= 0.6 is 34.5 Å². The molecule has 3 aliphatic rings. The fourth-order valence-electron chi connectivity index (χ4n) is 7.72. The third-order valence-electron chi connectivity index (χ3n) is 10.1. The molecule has 3 aromatic heterocycles. The smallest absolute Gasteiger partial charge is 0.407 e. The van der Waals surface area contributed by atoms with Crippen LogP contribution in [-0.2, 0) is 16.7 Å². The highest BCUT2D eigenvalue weighted by atomic mass is 35.5. The number of halogens is 2. The van der Waals surface area contributed by atoms with Gasteiger partial charge < -0.3 is 19.6 Å². The average Bonchev–Trinajstić information content (AvgIpc) is 3.33. The summed E-state index contributed by atoms with van der Waals surface area (Å²) in [4.78, 5) is 31.5. The highest BCUT2D eigenvalue weighted by Crippen LogP contribution is 2.64. The van der Waals surface area contributed by atoms with Crippen LogP contribution in [0.3, 0.4) is 0 Å². The molecule has 0 bridgehead atoms. The van der Waals surface area contributed by atoms with Crippen LogP contribution in [0.15, 0.2) is 60.1 Å². The third-order valence-corrected chi connectivity index (χ3v) is 12.1. The standard InChI is InChI=1S/C35H35Cl2N7O3S/c1-21-19-48-33(39-21)35(20-43(34(45)46)17-22-8-3-2-4-9-22)24-13-14-42(18-25(24)35)27-16-38-31-30(23-10-7-11-26(36)29(23)37)41-44(32(31)40-27)28-12-5-6-15-47-28/h2-4,7-11,16,19,24-25,28H,5-6,12-15,17-18,20H2,1H3,(H,45,46)/t24-,25+,28?,35+/m1/s1. The molecular formula is C35H35Cl2N7O3S. The molecule has 48 heavy (non-hydrogen) atoms. The number of aryl methyl sites for hydroxylation is 1. The fourth-order valence-corrected chi connectivity index (χ4v) is 9.23. The van der Waals surface area contributed by atoms with Gasteiger partial charge in [0.1, 0.15) is 22.0 Å². The number of nitrogens with zero attached hydrogens (tertiary/aromatic N) is 7. The topological polar surface area (TPSA) is 110 Å². The summed E-state index contributed by atoms with van der Waals surface area (Å²) in [5.74, 6) is 1.31. The van der Waals surface area contributed by atoms with Crippen LogP contribution in [0.2, 0.25) is 10.0 Å². The van der Waals surface area contributed by atoms with E-state index in [1.54, 1.807) is 22.3 Å². The highest BCUT2D eigenvalue weighted by Gasteiger charge is 2.68. The largest absolute Gasteiger partial charge is 0.465 e. The summed E-state index contributed by atoms with van der Waals surface area (Å²) in [7, 11) is 0. The van der Waals surface area contributed by atoms with Crippen LogP contribution in [0.5, 0.6) is 0 Å². The summed E-state index contributed by atoms with van der Waals surface area (Å²) in [6.45, 7) is 4.90. The molecule has 0 radical (unpaired) electrons. The first-order valence-corrected chi connectivity index (χ1v) is 18.0. The second-order valence-corrected chi connectivity index (χ2v) is 14.7. The van der Waals surface area contributed by atoms with E-state index in [1.807, 2.05) is 60.3 Å². The number of aromatic nitrogens is 5. The quantitative estimate of drug-likeness (QED) is 0.174. The van der Waals surface area contributed by atoms with Crippen molar-refractivity contribution in [2.75, 3.05) is 31.1 Å². The molecule has 0 spiro atoms. The Morgan fingerprint density at radius 3 is 2.71 bits per heavy atom. The van der Waals surface area contributed by atoms with Gasteiger partial charge in [-0.2, -0.15) is 5.10 Å². The molecule has 5 aromatic rings. The summed E-state index contributed by atoms with van der Waals surface area (Å²) >= 11 is 14.7. The molecule has 1 unspecified atom stereocenters. The van der Waals surface area contributed by atoms with Gasteiger partial charge in [-0.05, 0) is 56.1 Å². The molecule has 13 heteroatoms. The van der Waals surface area contributed by atoms with E-state index >= 15 is 0 Å². The Morgan fingerprint density at radius 2 is 1.96 bits per heavy atom. The van der Waals surface area contributed by atoms with Gasteiger partial charge in [0.2, 0.25) is 0 Å². The van der Waals surface area contributed by atoms with Gasteiger partial charge in [0.05, 0.1) is 16.2 Å². The van der Waals surface area contributed by atoms with Crippen molar-refractivity contribution in [3.05, 3.63) is 86.4 Å². The minimum absolute atomic E-state index is 0.222. The van der Waals surface area contributed by atoms with Gasteiger partial charge in [-0.1, -0.05) is 65.7 Å². The van der Waals surface area contributed by atoms with Gasteiger partial charge in [-0.25, -0.2) is 24.4 Å². The van der Waals surface area contributed by atoms with Crippen molar-refractivity contribution in [3.8, 4) is 11.3 Å². The molecule has 4 atom stereocenters. The lowest BCUT2D eigenvalue weighted by Crippen LogP contribution is -2.38. The van der Waals surface area contributed by atoms with Crippen molar-refractivity contribution >= 4 is 57.6 Å². The first kappa shape index (κ1) is 31.5. The molecule has 2 aliphatic heterocycles. The van der Waals surface area contributed by atoms with Gasteiger partial charge in [-0.3, -0.25) is 0 Å². The maximum Gasteiger partial charge on any atom is 0.407 e. The average molecular weight is 705 g/mol. The number of fused-ring (bicyclic) bond motifs is 2. The molecule has 1 aliphatic carbocycles. The second kappa shape index (κ2) is 12.6. The first-order valence-electron chi connectivity index (χ1n) is 16.3. The Labute approximate surface area is 292 Å². The van der Waals surface area contributed by atoms with E-state index in [1.165, 1.54) is 0 Å². The Balaban J connectivity index is 1.13. The van der Waals surface area contributed by atoms with Gasteiger partial charge >= 0.3 is 6.09 Å². The number of rotatable bonds is 8. The number of hydrogen-bond donors (Lipinski definition) is 1. The van der Waals surface area contributed by atoms with Gasteiger partial charge in [-0.15, -0.1) is 11.3 Å². The summed E-state index contributed by atoms with van der Waals surface area (Å²) in [6, 6.07) is 15.3. The number of carboxylic acid groups (broad SMARTS) is 1. The maximum absolute atomic E-state index is 12.6. The molecule has 8 rings (SSSR count). The Morgan fingerprint density at radius 1 is 1.10 bits per heavy atom. The highest BCUT2D eigenvalue weighted by molar-refractivity contribution is 7.09. The molecule has 1 saturated carbocycles. The Bertz CT molecular complexity index is 1980.